The van der Waals surface area contributed by atoms with Crippen molar-refractivity contribution in [3.05, 3.63) is 0 Å². The number of unbranched alkanes of at least 4 members (excludes halogenated alkanes) is 1. The highest BCUT2D eigenvalue weighted by atomic mass is 16.5. The summed E-state index contributed by atoms with van der Waals surface area (Å²) in [5, 5.41) is 8.47. The third-order valence-corrected chi connectivity index (χ3v) is 1.59. The van der Waals surface area contributed by atoms with E-state index in [1.165, 1.54) is 6.42 Å². The average molecular weight is 161 g/mol. The van der Waals surface area contributed by atoms with E-state index < -0.39 is 0 Å². The largest absolute Gasteiger partial charge is 0.394 e. The molecule has 0 radical (unpaired) electrons. The summed E-state index contributed by atoms with van der Waals surface area (Å²) in [5.74, 6) is 0. The number of aliphatic hydroxyl groups is 1. The number of hydrogen-bond acceptors (Lipinski definition) is 3. The molecule has 0 aromatic rings. The van der Waals surface area contributed by atoms with E-state index in [0.717, 1.165) is 12.8 Å². The van der Waals surface area contributed by atoms with Gasteiger partial charge >= 0.3 is 0 Å². The van der Waals surface area contributed by atoms with Gasteiger partial charge in [0.1, 0.15) is 0 Å². The molecule has 0 saturated heterocycles. The predicted molar refractivity (Wildman–Crippen MR) is 45.4 cm³/mol. The van der Waals surface area contributed by atoms with Crippen LogP contribution in [0, 0.1) is 0 Å². The van der Waals surface area contributed by atoms with Gasteiger partial charge in [-0.25, -0.2) is 0 Å². The van der Waals surface area contributed by atoms with Crippen molar-refractivity contribution >= 4 is 0 Å². The molecule has 11 heavy (non-hydrogen) atoms. The van der Waals surface area contributed by atoms with Crippen LogP contribution in [0.25, 0.3) is 0 Å². The maximum Gasteiger partial charge on any atom is 0.0702 e. The first-order valence-electron chi connectivity index (χ1n) is 4.27. The zero-order valence-electron chi connectivity index (χ0n) is 7.25. The van der Waals surface area contributed by atoms with Crippen molar-refractivity contribution < 1.29 is 9.84 Å². The van der Waals surface area contributed by atoms with Crippen LogP contribution in [0.5, 0.6) is 0 Å². The van der Waals surface area contributed by atoms with Gasteiger partial charge in [0.05, 0.1) is 19.3 Å². The van der Waals surface area contributed by atoms with Crippen molar-refractivity contribution in [2.75, 3.05) is 19.8 Å². The molecule has 1 atom stereocenters. The number of nitrogens with two attached hydrogens (primary N) is 1. The molecule has 0 amide bonds. The lowest BCUT2D eigenvalue weighted by Crippen LogP contribution is -2.24. The van der Waals surface area contributed by atoms with E-state index in [2.05, 4.69) is 6.92 Å². The normalized spacial score (nSPS) is 13.4. The third-order valence-electron chi connectivity index (χ3n) is 1.59. The molecule has 0 aliphatic carbocycles. The van der Waals surface area contributed by atoms with Crippen molar-refractivity contribution in [3.8, 4) is 0 Å². The minimum absolute atomic E-state index is 0.0859. The molecule has 0 bridgehead atoms. The monoisotopic (exact) mass is 161 g/mol. The molecule has 3 N–H and O–H groups in total. The fourth-order valence-corrected chi connectivity index (χ4v) is 0.920. The van der Waals surface area contributed by atoms with E-state index in [4.69, 9.17) is 15.6 Å². The third kappa shape index (κ3) is 6.28. The molecule has 0 spiro atoms. The van der Waals surface area contributed by atoms with Gasteiger partial charge in [-0.1, -0.05) is 19.8 Å². The zero-order valence-corrected chi connectivity index (χ0v) is 7.25. The summed E-state index contributed by atoms with van der Waals surface area (Å²) in [6, 6.07) is 0. The Bertz CT molecular complexity index is 70.5. The first-order chi connectivity index (χ1) is 5.35. The van der Waals surface area contributed by atoms with Gasteiger partial charge < -0.3 is 15.6 Å². The minimum Gasteiger partial charge on any atom is -0.394 e. The number of aliphatic hydroxyl groups excluding tert-OH is 1. The van der Waals surface area contributed by atoms with Crippen LogP contribution in [0.1, 0.15) is 26.2 Å². The Hall–Kier alpha value is -0.120. The second-order valence-corrected chi connectivity index (χ2v) is 2.59. The summed E-state index contributed by atoms with van der Waals surface area (Å²) in [5.41, 5.74) is 5.45. The number of ether oxygens (including phenoxy) is 1. The Balaban J connectivity index is 3.25. The van der Waals surface area contributed by atoms with Crippen LogP contribution in [-0.4, -0.2) is 31.0 Å². The summed E-state index contributed by atoms with van der Waals surface area (Å²) < 4.78 is 5.27. The lowest BCUT2D eigenvalue weighted by atomic mass is 10.1. The van der Waals surface area contributed by atoms with Crippen LogP contribution < -0.4 is 5.73 Å². The maximum atomic E-state index is 8.47. The fourth-order valence-electron chi connectivity index (χ4n) is 0.920. The van der Waals surface area contributed by atoms with E-state index in [9.17, 15) is 0 Å². The van der Waals surface area contributed by atoms with Crippen molar-refractivity contribution in [2.45, 2.75) is 32.3 Å². The highest BCUT2D eigenvalue weighted by Crippen LogP contribution is 2.02. The molecule has 1 unspecified atom stereocenters. The smallest absolute Gasteiger partial charge is 0.0702 e. The summed E-state index contributed by atoms with van der Waals surface area (Å²) in [7, 11) is 0. The van der Waals surface area contributed by atoms with Gasteiger partial charge in [0.15, 0.2) is 0 Å². The van der Waals surface area contributed by atoms with Crippen LogP contribution in [0.3, 0.4) is 0 Å². The number of hydrogen-bond donors (Lipinski definition) is 2. The molecular formula is C8H19NO2. The maximum absolute atomic E-state index is 8.47. The first-order valence-corrected chi connectivity index (χ1v) is 4.27. The molecule has 0 fully saturated rings. The average Bonchev–Trinajstić information content (AvgIpc) is 2.05. The van der Waals surface area contributed by atoms with Crippen LogP contribution in [0.4, 0.5) is 0 Å². The molecule has 0 saturated carbocycles. The summed E-state index contributed by atoms with van der Waals surface area (Å²) in [4.78, 5) is 0. The quantitative estimate of drug-likeness (QED) is 0.572. The zero-order chi connectivity index (χ0) is 8.53. The highest BCUT2D eigenvalue weighted by Gasteiger charge is 2.04. The van der Waals surface area contributed by atoms with Crippen LogP contribution in [0.15, 0.2) is 0 Å². The molecule has 0 heterocycles. The van der Waals surface area contributed by atoms with E-state index >= 15 is 0 Å². The minimum atomic E-state index is 0.0859. The second-order valence-electron chi connectivity index (χ2n) is 2.59. The topological polar surface area (TPSA) is 55.5 Å². The molecule has 3 heteroatoms. The van der Waals surface area contributed by atoms with Crippen molar-refractivity contribution in [1.29, 1.82) is 0 Å². The van der Waals surface area contributed by atoms with Crippen LogP contribution >= 0.6 is 0 Å². The Morgan fingerprint density at radius 3 is 2.73 bits per heavy atom. The lowest BCUT2D eigenvalue weighted by molar-refractivity contribution is 0.0281. The molecular weight excluding hydrogens is 142 g/mol. The number of rotatable bonds is 7. The van der Waals surface area contributed by atoms with Gasteiger partial charge in [-0.15, -0.1) is 0 Å². The highest BCUT2D eigenvalue weighted by molar-refractivity contribution is 4.57. The van der Waals surface area contributed by atoms with Crippen molar-refractivity contribution in [2.24, 2.45) is 5.73 Å². The van der Waals surface area contributed by atoms with Gasteiger partial charge in [0, 0.05) is 6.54 Å². The van der Waals surface area contributed by atoms with E-state index in [1.807, 2.05) is 0 Å². The summed E-state index contributed by atoms with van der Waals surface area (Å²) >= 11 is 0. The van der Waals surface area contributed by atoms with E-state index in [-0.39, 0.29) is 12.7 Å². The van der Waals surface area contributed by atoms with E-state index in [1.54, 1.807) is 0 Å². The van der Waals surface area contributed by atoms with Gasteiger partial charge in [0.25, 0.3) is 0 Å². The first kappa shape index (κ1) is 10.9. The lowest BCUT2D eigenvalue weighted by Gasteiger charge is -2.14. The van der Waals surface area contributed by atoms with Crippen LogP contribution in [-0.2, 0) is 4.74 Å². The molecule has 0 aromatic carbocycles. The van der Waals surface area contributed by atoms with Crippen LogP contribution in [0.2, 0.25) is 0 Å². The second kappa shape index (κ2) is 7.98. The van der Waals surface area contributed by atoms with Gasteiger partial charge in [0.2, 0.25) is 0 Å². The molecule has 0 rings (SSSR count). The summed E-state index contributed by atoms with van der Waals surface area (Å²) in [6.07, 6.45) is 3.46. The molecule has 3 nitrogen and oxygen atoms in total. The molecule has 0 aliphatic rings. The van der Waals surface area contributed by atoms with Gasteiger partial charge in [-0.2, -0.15) is 0 Å². The molecule has 0 aromatic heterocycles. The predicted octanol–water partition coefficient (Wildman–Crippen LogP) is 0.513. The van der Waals surface area contributed by atoms with Crippen molar-refractivity contribution in [3.63, 3.8) is 0 Å². The van der Waals surface area contributed by atoms with Gasteiger partial charge in [-0.05, 0) is 6.42 Å². The van der Waals surface area contributed by atoms with Crippen molar-refractivity contribution in [1.82, 2.24) is 0 Å². The summed E-state index contributed by atoms with van der Waals surface area (Å²) in [6.45, 7) is 3.19. The Morgan fingerprint density at radius 2 is 2.27 bits per heavy atom. The Labute approximate surface area is 68.5 Å². The van der Waals surface area contributed by atoms with Gasteiger partial charge in [-0.3, -0.25) is 0 Å². The SMILES string of the molecule is CCCCC(CN)OCCO. The standard InChI is InChI=1S/C8H19NO2/c1-2-3-4-8(7-9)11-6-5-10/h8,10H,2-7,9H2,1H3. The fraction of sp³-hybridized carbons (Fsp3) is 1.00. The van der Waals surface area contributed by atoms with E-state index in [0.29, 0.717) is 13.2 Å². The Kier molecular flexibility index (Phi) is 7.89. The Morgan fingerprint density at radius 1 is 1.55 bits per heavy atom. The molecule has 68 valence electrons. The molecule has 0 aliphatic heterocycles.